The summed E-state index contributed by atoms with van der Waals surface area (Å²) in [4.78, 5) is 10.7. The van der Waals surface area contributed by atoms with Gasteiger partial charge in [0.15, 0.2) is 17.9 Å². The predicted molar refractivity (Wildman–Crippen MR) is 149 cm³/mol. The molecule has 0 saturated carbocycles. The fraction of sp³-hybridized carbons (Fsp3) is 0.290. The van der Waals surface area contributed by atoms with E-state index < -0.39 is 17.7 Å². The molecule has 1 amide bonds. The number of nitrogens with zero attached hydrogens (tertiary/aromatic N) is 2. The lowest BCUT2D eigenvalue weighted by molar-refractivity contribution is -0.0366. The molecule has 9 heteroatoms. The van der Waals surface area contributed by atoms with Crippen molar-refractivity contribution in [2.45, 2.75) is 38.8 Å². The number of fused-ring (bicyclic) bond motifs is 1. The van der Waals surface area contributed by atoms with Gasteiger partial charge < -0.3 is 19.9 Å². The standard InChI is InChI=1S/C31H31F2N3O4/c1-2-25(21-8-12-26(32)27(33)18-21)30(20-6-10-24(11-7-20)39-16-14-34-31(37)38)22-9-13-28-23(17-22)19-35-36(28)29-5-3-4-15-40-29/h6-13,17-19,29,34H,2-5,14-16H2,1H3,(H,37,38). The van der Waals surface area contributed by atoms with Gasteiger partial charge in [-0.25, -0.2) is 18.3 Å². The lowest BCUT2D eigenvalue weighted by Gasteiger charge is -2.23. The first-order valence-electron chi connectivity index (χ1n) is 13.4. The molecule has 5 rings (SSSR count). The molecule has 1 aliphatic rings. The highest BCUT2D eigenvalue weighted by Gasteiger charge is 2.20. The third kappa shape index (κ3) is 5.99. The summed E-state index contributed by atoms with van der Waals surface area (Å²) in [6.45, 7) is 3.06. The topological polar surface area (TPSA) is 85.6 Å². The number of nitrogens with one attached hydrogen (secondary N) is 1. The average Bonchev–Trinajstić information content (AvgIpc) is 3.40. The first-order chi connectivity index (χ1) is 19.4. The van der Waals surface area contributed by atoms with Gasteiger partial charge in [-0.05, 0) is 89.9 Å². The van der Waals surface area contributed by atoms with Crippen molar-refractivity contribution >= 4 is 28.1 Å². The van der Waals surface area contributed by atoms with E-state index in [9.17, 15) is 13.6 Å². The van der Waals surface area contributed by atoms with Gasteiger partial charge in [0.05, 0.1) is 18.3 Å². The van der Waals surface area contributed by atoms with Crippen molar-refractivity contribution in [3.63, 3.8) is 0 Å². The van der Waals surface area contributed by atoms with Crippen LogP contribution in [0.2, 0.25) is 0 Å². The predicted octanol–water partition coefficient (Wildman–Crippen LogP) is 7.03. The molecule has 1 unspecified atom stereocenters. The minimum Gasteiger partial charge on any atom is -0.492 e. The van der Waals surface area contributed by atoms with Gasteiger partial charge in [-0.2, -0.15) is 5.10 Å². The Morgan fingerprint density at radius 1 is 1.05 bits per heavy atom. The Bertz CT molecular complexity index is 1530. The number of hydrogen-bond acceptors (Lipinski definition) is 4. The molecule has 1 aliphatic heterocycles. The second-order valence-corrected chi connectivity index (χ2v) is 9.62. The summed E-state index contributed by atoms with van der Waals surface area (Å²) in [7, 11) is 0. The van der Waals surface area contributed by atoms with Crippen molar-refractivity contribution < 1.29 is 28.2 Å². The second kappa shape index (κ2) is 12.3. The van der Waals surface area contributed by atoms with E-state index in [2.05, 4.69) is 16.5 Å². The largest absolute Gasteiger partial charge is 0.492 e. The maximum atomic E-state index is 14.3. The van der Waals surface area contributed by atoms with Crippen LogP contribution in [0.15, 0.2) is 66.9 Å². The maximum absolute atomic E-state index is 14.3. The molecule has 0 spiro atoms. The van der Waals surface area contributed by atoms with Gasteiger partial charge in [-0.1, -0.05) is 31.2 Å². The Morgan fingerprint density at radius 3 is 2.52 bits per heavy atom. The normalized spacial score (nSPS) is 16.0. The van der Waals surface area contributed by atoms with Crippen LogP contribution in [0, 0.1) is 11.6 Å². The van der Waals surface area contributed by atoms with Gasteiger partial charge in [0, 0.05) is 12.0 Å². The minimum absolute atomic E-state index is 0.0845. The molecule has 1 saturated heterocycles. The van der Waals surface area contributed by atoms with Crippen molar-refractivity contribution in [2.75, 3.05) is 19.8 Å². The number of hydrogen-bond donors (Lipinski definition) is 2. The third-order valence-electron chi connectivity index (χ3n) is 7.03. The monoisotopic (exact) mass is 547 g/mol. The maximum Gasteiger partial charge on any atom is 0.404 e. The van der Waals surface area contributed by atoms with Crippen LogP contribution in [0.5, 0.6) is 5.75 Å². The SMILES string of the molecule is CCC(=C(c1ccc(OCCNC(=O)O)cc1)c1ccc2c(cnn2C2CCCCO2)c1)c1ccc(F)c(F)c1. The highest BCUT2D eigenvalue weighted by atomic mass is 19.2. The van der Waals surface area contributed by atoms with Crippen molar-refractivity contribution in [1.82, 2.24) is 15.1 Å². The minimum atomic E-state index is -1.10. The van der Waals surface area contributed by atoms with E-state index >= 15 is 0 Å². The number of aromatic nitrogens is 2. The molecular formula is C31H31F2N3O4. The summed E-state index contributed by atoms with van der Waals surface area (Å²) in [6.07, 6.45) is 4.29. The molecular weight excluding hydrogens is 516 g/mol. The van der Waals surface area contributed by atoms with Gasteiger partial charge in [-0.15, -0.1) is 0 Å². The summed E-state index contributed by atoms with van der Waals surface area (Å²) in [5.74, 6) is -1.20. The van der Waals surface area contributed by atoms with E-state index in [1.807, 2.05) is 54.2 Å². The van der Waals surface area contributed by atoms with Crippen LogP contribution in [0.25, 0.3) is 22.0 Å². The third-order valence-corrected chi connectivity index (χ3v) is 7.03. The molecule has 208 valence electrons. The van der Waals surface area contributed by atoms with E-state index in [0.29, 0.717) is 17.7 Å². The van der Waals surface area contributed by atoms with Crippen LogP contribution in [-0.4, -0.2) is 40.7 Å². The molecule has 7 nitrogen and oxygen atoms in total. The Kier molecular flexibility index (Phi) is 8.40. The number of benzene rings is 3. The molecule has 40 heavy (non-hydrogen) atoms. The van der Waals surface area contributed by atoms with Gasteiger partial charge in [0.2, 0.25) is 0 Å². The van der Waals surface area contributed by atoms with E-state index in [1.54, 1.807) is 6.07 Å². The van der Waals surface area contributed by atoms with Crippen LogP contribution in [-0.2, 0) is 4.74 Å². The van der Waals surface area contributed by atoms with Crippen LogP contribution < -0.4 is 10.1 Å². The van der Waals surface area contributed by atoms with E-state index in [1.165, 1.54) is 6.07 Å². The zero-order valence-electron chi connectivity index (χ0n) is 22.2. The smallest absolute Gasteiger partial charge is 0.404 e. The molecule has 1 atom stereocenters. The Hall–Kier alpha value is -4.24. The van der Waals surface area contributed by atoms with Crippen molar-refractivity contribution in [1.29, 1.82) is 0 Å². The molecule has 0 bridgehead atoms. The number of ether oxygens (including phenoxy) is 2. The number of rotatable bonds is 9. The van der Waals surface area contributed by atoms with Crippen LogP contribution in [0.3, 0.4) is 0 Å². The van der Waals surface area contributed by atoms with Crippen molar-refractivity contribution in [3.8, 4) is 5.75 Å². The van der Waals surface area contributed by atoms with E-state index in [-0.39, 0.29) is 19.4 Å². The van der Waals surface area contributed by atoms with E-state index in [4.69, 9.17) is 14.6 Å². The van der Waals surface area contributed by atoms with Crippen LogP contribution >= 0.6 is 0 Å². The lowest BCUT2D eigenvalue weighted by Crippen LogP contribution is -2.26. The molecule has 0 aliphatic carbocycles. The zero-order valence-corrected chi connectivity index (χ0v) is 22.2. The van der Waals surface area contributed by atoms with Gasteiger partial charge >= 0.3 is 6.09 Å². The highest BCUT2D eigenvalue weighted by molar-refractivity contribution is 6.00. The summed E-state index contributed by atoms with van der Waals surface area (Å²) in [5, 5.41) is 16.6. The summed E-state index contributed by atoms with van der Waals surface area (Å²) in [5.41, 5.74) is 5.11. The zero-order chi connectivity index (χ0) is 28.1. The van der Waals surface area contributed by atoms with Crippen LogP contribution in [0.1, 0.15) is 55.5 Å². The molecule has 2 N–H and O–H groups in total. The number of amides is 1. The van der Waals surface area contributed by atoms with Crippen molar-refractivity contribution in [3.05, 3.63) is 95.2 Å². The average molecular weight is 548 g/mol. The number of allylic oxidation sites excluding steroid dienone is 1. The fourth-order valence-corrected chi connectivity index (χ4v) is 5.12. The molecule has 1 fully saturated rings. The lowest BCUT2D eigenvalue weighted by atomic mass is 9.87. The summed E-state index contributed by atoms with van der Waals surface area (Å²) in [6, 6.07) is 17.5. The Balaban J connectivity index is 1.55. The molecule has 4 aromatic rings. The van der Waals surface area contributed by atoms with E-state index in [0.717, 1.165) is 65.1 Å². The number of carbonyl (C=O) groups is 1. The molecule has 3 aromatic carbocycles. The Morgan fingerprint density at radius 2 is 1.82 bits per heavy atom. The Labute approximate surface area is 231 Å². The first kappa shape index (κ1) is 27.3. The second-order valence-electron chi connectivity index (χ2n) is 9.62. The number of carboxylic acid groups (broad SMARTS) is 1. The highest BCUT2D eigenvalue weighted by Crippen LogP contribution is 2.37. The quantitative estimate of drug-likeness (QED) is 0.174. The molecule has 2 heterocycles. The van der Waals surface area contributed by atoms with Gasteiger partial charge in [0.1, 0.15) is 12.4 Å². The fourth-order valence-electron chi connectivity index (χ4n) is 5.12. The van der Waals surface area contributed by atoms with Crippen LogP contribution in [0.4, 0.5) is 13.6 Å². The van der Waals surface area contributed by atoms with Gasteiger partial charge in [0.25, 0.3) is 0 Å². The first-order valence-corrected chi connectivity index (χ1v) is 13.4. The molecule has 0 radical (unpaired) electrons. The van der Waals surface area contributed by atoms with Crippen molar-refractivity contribution in [2.24, 2.45) is 0 Å². The summed E-state index contributed by atoms with van der Waals surface area (Å²) < 4.78 is 41.6. The molecule has 1 aromatic heterocycles. The number of halogens is 2. The van der Waals surface area contributed by atoms with Gasteiger partial charge in [-0.3, -0.25) is 0 Å². The summed E-state index contributed by atoms with van der Waals surface area (Å²) >= 11 is 0.